The molecular weight excluding hydrogens is 378 g/mol. The Morgan fingerprint density at radius 1 is 0.828 bits per heavy atom. The fourth-order valence-corrected chi connectivity index (χ4v) is 3.66. The van der Waals surface area contributed by atoms with Gasteiger partial charge in [-0.05, 0) is 71.1 Å². The van der Waals surface area contributed by atoms with E-state index in [2.05, 4.69) is 85.9 Å². The average molecular weight is 402 g/mol. The Labute approximate surface area is 177 Å². The third-order valence-electron chi connectivity index (χ3n) is 5.26. The van der Waals surface area contributed by atoms with E-state index in [1.807, 2.05) is 12.1 Å². The minimum absolute atomic E-state index is 0.487. The monoisotopic (exact) mass is 401 g/mol. The molecule has 0 aliphatic rings. The van der Waals surface area contributed by atoms with Crippen LogP contribution in [-0.4, -0.2) is 0 Å². The van der Waals surface area contributed by atoms with Gasteiger partial charge in [-0.2, -0.15) is 0 Å². The van der Waals surface area contributed by atoms with Crippen molar-refractivity contribution in [2.24, 2.45) is 0 Å². The molecule has 0 atom stereocenters. The fourth-order valence-electron chi connectivity index (χ4n) is 3.40. The van der Waals surface area contributed by atoms with E-state index in [-0.39, 0.29) is 0 Å². The second kappa shape index (κ2) is 8.59. The van der Waals surface area contributed by atoms with Crippen molar-refractivity contribution in [3.8, 4) is 5.75 Å². The quantitative estimate of drug-likeness (QED) is 0.366. The van der Waals surface area contributed by atoms with Gasteiger partial charge in [0.15, 0.2) is 0 Å². The normalized spacial score (nSPS) is 10.9. The van der Waals surface area contributed by atoms with Gasteiger partial charge in [0.25, 0.3) is 0 Å². The maximum absolute atomic E-state index is 6.49. The first-order valence-corrected chi connectivity index (χ1v) is 10.2. The number of rotatable bonds is 6. The number of hydrogen-bond donors (Lipinski definition) is 1. The van der Waals surface area contributed by atoms with Gasteiger partial charge < -0.3 is 10.1 Å². The van der Waals surface area contributed by atoms with Crippen molar-refractivity contribution in [3.05, 3.63) is 106 Å². The lowest BCUT2D eigenvalue weighted by Gasteiger charge is -2.12. The summed E-state index contributed by atoms with van der Waals surface area (Å²) in [5.74, 6) is 0.703. The topological polar surface area (TPSA) is 21.3 Å². The second-order valence-corrected chi connectivity index (χ2v) is 7.75. The van der Waals surface area contributed by atoms with Crippen LogP contribution in [0.4, 0.5) is 5.69 Å². The Bertz CT molecular complexity index is 1150. The van der Waals surface area contributed by atoms with Crippen LogP contribution in [0.3, 0.4) is 0 Å². The van der Waals surface area contributed by atoms with Crippen LogP contribution in [0.15, 0.2) is 78.9 Å². The largest absolute Gasteiger partial charge is 0.487 e. The van der Waals surface area contributed by atoms with E-state index in [0.29, 0.717) is 23.9 Å². The first kappa shape index (κ1) is 19.4. The lowest BCUT2D eigenvalue weighted by atomic mass is 10.1. The van der Waals surface area contributed by atoms with Gasteiger partial charge in [-0.25, -0.2) is 0 Å². The first-order chi connectivity index (χ1) is 14.1. The number of ether oxygens (including phenoxy) is 1. The predicted octanol–water partition coefficient (Wildman–Crippen LogP) is 7.30. The summed E-state index contributed by atoms with van der Waals surface area (Å²) >= 11 is 6.49. The highest BCUT2D eigenvalue weighted by Gasteiger charge is 2.06. The van der Waals surface area contributed by atoms with Gasteiger partial charge in [0.2, 0.25) is 0 Å². The molecule has 0 amide bonds. The second-order valence-electron chi connectivity index (χ2n) is 7.34. The molecule has 0 heterocycles. The molecule has 0 saturated heterocycles. The molecule has 0 fully saturated rings. The van der Waals surface area contributed by atoms with Crippen LogP contribution in [0.25, 0.3) is 10.8 Å². The summed E-state index contributed by atoms with van der Waals surface area (Å²) < 4.78 is 6.03. The zero-order valence-corrected chi connectivity index (χ0v) is 17.5. The van der Waals surface area contributed by atoms with Crippen LogP contribution in [0, 0.1) is 13.8 Å². The Kier molecular flexibility index (Phi) is 5.73. The standard InChI is InChI=1S/C26H24ClNO/c1-18-10-12-23(14-19(18)2)28-16-20-11-13-26(25(27)15-20)29-17-22-8-5-7-21-6-3-4-9-24(21)22/h3-15,28H,16-17H2,1-2H3. The predicted molar refractivity (Wildman–Crippen MR) is 123 cm³/mol. The molecule has 2 nitrogen and oxygen atoms in total. The molecule has 3 heteroatoms. The number of anilines is 1. The van der Waals surface area contributed by atoms with Crippen molar-refractivity contribution in [1.82, 2.24) is 0 Å². The molecule has 4 aromatic carbocycles. The molecule has 4 rings (SSSR count). The molecule has 146 valence electrons. The van der Waals surface area contributed by atoms with Gasteiger partial charge in [0.1, 0.15) is 12.4 Å². The van der Waals surface area contributed by atoms with E-state index in [9.17, 15) is 0 Å². The lowest BCUT2D eigenvalue weighted by Crippen LogP contribution is -2.01. The highest BCUT2D eigenvalue weighted by molar-refractivity contribution is 6.32. The summed E-state index contributed by atoms with van der Waals surface area (Å²) in [6.07, 6.45) is 0. The molecule has 1 N–H and O–H groups in total. The van der Waals surface area contributed by atoms with Crippen molar-refractivity contribution in [2.75, 3.05) is 5.32 Å². The Morgan fingerprint density at radius 2 is 1.66 bits per heavy atom. The third kappa shape index (κ3) is 4.55. The zero-order valence-electron chi connectivity index (χ0n) is 16.7. The SMILES string of the molecule is Cc1ccc(NCc2ccc(OCc3cccc4ccccc34)c(Cl)c2)cc1C. The van der Waals surface area contributed by atoms with Crippen molar-refractivity contribution in [3.63, 3.8) is 0 Å². The van der Waals surface area contributed by atoms with Crippen LogP contribution >= 0.6 is 11.6 Å². The van der Waals surface area contributed by atoms with E-state index in [0.717, 1.165) is 16.8 Å². The third-order valence-corrected chi connectivity index (χ3v) is 5.56. The maximum atomic E-state index is 6.49. The minimum atomic E-state index is 0.487. The number of hydrogen-bond acceptors (Lipinski definition) is 2. The van der Waals surface area contributed by atoms with E-state index >= 15 is 0 Å². The molecule has 0 aliphatic heterocycles. The summed E-state index contributed by atoms with van der Waals surface area (Å²) in [5, 5.41) is 6.51. The van der Waals surface area contributed by atoms with Crippen molar-refractivity contribution in [2.45, 2.75) is 27.0 Å². The van der Waals surface area contributed by atoms with E-state index < -0.39 is 0 Å². The van der Waals surface area contributed by atoms with Crippen LogP contribution in [0.1, 0.15) is 22.3 Å². The smallest absolute Gasteiger partial charge is 0.138 e. The number of aryl methyl sites for hydroxylation is 2. The van der Waals surface area contributed by atoms with Gasteiger partial charge in [-0.15, -0.1) is 0 Å². The number of benzene rings is 4. The minimum Gasteiger partial charge on any atom is -0.487 e. The molecule has 0 bridgehead atoms. The van der Waals surface area contributed by atoms with Crippen molar-refractivity contribution < 1.29 is 4.74 Å². The van der Waals surface area contributed by atoms with Crippen molar-refractivity contribution >= 4 is 28.1 Å². The maximum Gasteiger partial charge on any atom is 0.138 e. The van der Waals surface area contributed by atoms with Crippen LogP contribution < -0.4 is 10.1 Å². The fraction of sp³-hybridized carbons (Fsp3) is 0.154. The lowest BCUT2D eigenvalue weighted by molar-refractivity contribution is 0.308. The molecular formula is C26H24ClNO. The molecule has 0 radical (unpaired) electrons. The highest BCUT2D eigenvalue weighted by Crippen LogP contribution is 2.28. The van der Waals surface area contributed by atoms with Gasteiger partial charge in [-0.1, -0.05) is 66.2 Å². The molecule has 29 heavy (non-hydrogen) atoms. The Morgan fingerprint density at radius 3 is 2.48 bits per heavy atom. The molecule has 0 unspecified atom stereocenters. The van der Waals surface area contributed by atoms with Crippen LogP contribution in [-0.2, 0) is 13.2 Å². The molecule has 0 spiro atoms. The van der Waals surface area contributed by atoms with Gasteiger partial charge in [0, 0.05) is 12.2 Å². The zero-order chi connectivity index (χ0) is 20.2. The summed E-state index contributed by atoms with van der Waals surface area (Å²) in [6, 6.07) is 27.0. The van der Waals surface area contributed by atoms with Gasteiger partial charge in [-0.3, -0.25) is 0 Å². The first-order valence-electron chi connectivity index (χ1n) is 9.79. The molecule has 0 aromatic heterocycles. The molecule has 0 saturated carbocycles. The summed E-state index contributed by atoms with van der Waals surface area (Å²) in [7, 11) is 0. The summed E-state index contributed by atoms with van der Waals surface area (Å²) in [5.41, 5.74) is 5.96. The van der Waals surface area contributed by atoms with E-state index in [1.54, 1.807) is 0 Å². The average Bonchev–Trinajstić information content (AvgIpc) is 2.74. The van der Waals surface area contributed by atoms with E-state index in [1.165, 1.54) is 21.9 Å². The highest BCUT2D eigenvalue weighted by atomic mass is 35.5. The number of halogens is 1. The molecule has 0 aliphatic carbocycles. The molecule has 4 aromatic rings. The van der Waals surface area contributed by atoms with Crippen molar-refractivity contribution in [1.29, 1.82) is 0 Å². The van der Waals surface area contributed by atoms with Gasteiger partial charge in [0.05, 0.1) is 5.02 Å². The summed E-state index contributed by atoms with van der Waals surface area (Å²) in [4.78, 5) is 0. The Hall–Kier alpha value is -2.97. The van der Waals surface area contributed by atoms with Gasteiger partial charge >= 0.3 is 0 Å². The Balaban J connectivity index is 1.42. The van der Waals surface area contributed by atoms with Crippen LogP contribution in [0.2, 0.25) is 5.02 Å². The van der Waals surface area contributed by atoms with Crippen LogP contribution in [0.5, 0.6) is 5.75 Å². The van der Waals surface area contributed by atoms with E-state index in [4.69, 9.17) is 16.3 Å². The number of nitrogens with one attached hydrogen (secondary N) is 1. The summed E-state index contributed by atoms with van der Waals surface area (Å²) in [6.45, 7) is 5.45. The number of fused-ring (bicyclic) bond motifs is 1.